The van der Waals surface area contributed by atoms with E-state index in [9.17, 15) is 9.59 Å². The Labute approximate surface area is 130 Å². The average Bonchev–Trinajstić information content (AvgIpc) is 3.15. The van der Waals surface area contributed by atoms with Crippen LogP contribution in [0.5, 0.6) is 0 Å². The largest absolute Gasteiger partial charge is 0.340 e. The van der Waals surface area contributed by atoms with Gasteiger partial charge in [-0.25, -0.2) is 0 Å². The molecule has 1 aliphatic carbocycles. The van der Waals surface area contributed by atoms with Gasteiger partial charge in [0, 0.05) is 38.2 Å². The molecule has 1 aromatic heterocycles. The highest BCUT2D eigenvalue weighted by atomic mass is 16.2. The fraction of sp³-hybridized carbons (Fsp3) is 0.562. The lowest BCUT2D eigenvalue weighted by Crippen LogP contribution is -2.35. The molecule has 1 fully saturated rings. The number of anilines is 1. The molecule has 0 unspecified atom stereocenters. The Morgan fingerprint density at radius 3 is 2.91 bits per heavy atom. The third-order valence-corrected chi connectivity index (χ3v) is 4.38. The first-order valence-electron chi connectivity index (χ1n) is 7.90. The van der Waals surface area contributed by atoms with Crippen molar-refractivity contribution < 1.29 is 9.59 Å². The molecule has 3 rings (SSSR count). The standard InChI is InChI=1S/C16H22N4O2/c1-12(21)17-15-8-10-20(18-15)14-7-9-19(11-14)16(22)13-5-3-2-4-6-13/h2-3,8,10,13-14H,4-7,9,11H2,1H3,(H,17,18,21)/t13-,14+/m1/s1. The maximum Gasteiger partial charge on any atom is 0.226 e. The molecule has 1 aliphatic heterocycles. The number of likely N-dealkylation sites (tertiary alicyclic amines) is 1. The number of carbonyl (C=O) groups excluding carboxylic acids is 2. The zero-order valence-electron chi connectivity index (χ0n) is 12.9. The Kier molecular flexibility index (Phi) is 4.27. The zero-order chi connectivity index (χ0) is 15.5. The molecule has 1 saturated heterocycles. The molecule has 0 saturated carbocycles. The van der Waals surface area contributed by atoms with E-state index in [1.807, 2.05) is 15.8 Å². The van der Waals surface area contributed by atoms with Gasteiger partial charge in [-0.2, -0.15) is 5.10 Å². The average molecular weight is 302 g/mol. The minimum atomic E-state index is -0.126. The lowest BCUT2D eigenvalue weighted by Gasteiger charge is -2.24. The Balaban J connectivity index is 1.59. The van der Waals surface area contributed by atoms with Crippen LogP contribution in [0.3, 0.4) is 0 Å². The first-order chi connectivity index (χ1) is 10.6. The molecule has 1 N–H and O–H groups in total. The van der Waals surface area contributed by atoms with E-state index in [2.05, 4.69) is 22.6 Å². The summed E-state index contributed by atoms with van der Waals surface area (Å²) in [6.45, 7) is 2.97. The second-order valence-corrected chi connectivity index (χ2v) is 6.07. The van der Waals surface area contributed by atoms with Gasteiger partial charge in [0.15, 0.2) is 5.82 Å². The number of aromatic nitrogens is 2. The van der Waals surface area contributed by atoms with Crippen LogP contribution in [-0.2, 0) is 9.59 Å². The van der Waals surface area contributed by atoms with E-state index >= 15 is 0 Å². The molecule has 2 amide bonds. The molecule has 2 aliphatic rings. The topological polar surface area (TPSA) is 67.2 Å². The van der Waals surface area contributed by atoms with E-state index in [1.54, 1.807) is 6.07 Å². The number of carbonyl (C=O) groups is 2. The number of hydrogen-bond donors (Lipinski definition) is 1. The van der Waals surface area contributed by atoms with E-state index in [0.29, 0.717) is 12.4 Å². The Hall–Kier alpha value is -2.11. The van der Waals surface area contributed by atoms with Crippen LogP contribution in [0.25, 0.3) is 0 Å². The van der Waals surface area contributed by atoms with Crippen LogP contribution in [0, 0.1) is 5.92 Å². The number of nitrogens with one attached hydrogen (secondary N) is 1. The molecule has 22 heavy (non-hydrogen) atoms. The van der Waals surface area contributed by atoms with E-state index in [1.165, 1.54) is 6.92 Å². The number of amides is 2. The highest BCUT2D eigenvalue weighted by molar-refractivity contribution is 5.87. The van der Waals surface area contributed by atoms with Gasteiger partial charge in [-0.3, -0.25) is 14.3 Å². The summed E-state index contributed by atoms with van der Waals surface area (Å²) in [6.07, 6.45) is 9.89. The minimum Gasteiger partial charge on any atom is -0.340 e. The molecule has 0 radical (unpaired) electrons. The molecule has 2 heterocycles. The molecular formula is C16H22N4O2. The van der Waals surface area contributed by atoms with Crippen LogP contribution in [0.15, 0.2) is 24.4 Å². The van der Waals surface area contributed by atoms with Crippen LogP contribution >= 0.6 is 0 Å². The van der Waals surface area contributed by atoms with Crippen LogP contribution in [0.4, 0.5) is 5.82 Å². The monoisotopic (exact) mass is 302 g/mol. The van der Waals surface area contributed by atoms with Crippen molar-refractivity contribution in [2.75, 3.05) is 18.4 Å². The maximum atomic E-state index is 12.5. The lowest BCUT2D eigenvalue weighted by molar-refractivity contribution is -0.134. The highest BCUT2D eigenvalue weighted by Crippen LogP contribution is 2.27. The van der Waals surface area contributed by atoms with Crippen LogP contribution in [0.2, 0.25) is 0 Å². The van der Waals surface area contributed by atoms with Crippen molar-refractivity contribution in [1.82, 2.24) is 14.7 Å². The van der Waals surface area contributed by atoms with E-state index < -0.39 is 0 Å². The number of hydrogen-bond acceptors (Lipinski definition) is 3. The van der Waals surface area contributed by atoms with Gasteiger partial charge in [-0.1, -0.05) is 12.2 Å². The van der Waals surface area contributed by atoms with Crippen molar-refractivity contribution in [2.24, 2.45) is 5.92 Å². The summed E-state index contributed by atoms with van der Waals surface area (Å²) >= 11 is 0. The molecular weight excluding hydrogens is 280 g/mol. The van der Waals surface area contributed by atoms with Crippen molar-refractivity contribution in [3.8, 4) is 0 Å². The molecule has 6 heteroatoms. The molecule has 6 nitrogen and oxygen atoms in total. The van der Waals surface area contributed by atoms with E-state index in [4.69, 9.17) is 0 Å². The molecule has 0 spiro atoms. The van der Waals surface area contributed by atoms with Crippen LogP contribution in [-0.4, -0.2) is 39.6 Å². The quantitative estimate of drug-likeness (QED) is 0.868. The van der Waals surface area contributed by atoms with Crippen molar-refractivity contribution in [3.63, 3.8) is 0 Å². The van der Waals surface area contributed by atoms with Gasteiger partial charge in [-0.15, -0.1) is 0 Å². The fourth-order valence-electron chi connectivity index (χ4n) is 3.22. The number of nitrogens with zero attached hydrogens (tertiary/aromatic N) is 3. The van der Waals surface area contributed by atoms with Crippen molar-refractivity contribution in [3.05, 3.63) is 24.4 Å². The van der Waals surface area contributed by atoms with Crippen LogP contribution < -0.4 is 5.32 Å². The fourth-order valence-corrected chi connectivity index (χ4v) is 3.22. The Bertz CT molecular complexity index is 593. The Morgan fingerprint density at radius 2 is 2.18 bits per heavy atom. The summed E-state index contributed by atoms with van der Waals surface area (Å²) in [6, 6.07) is 1.99. The second-order valence-electron chi connectivity index (χ2n) is 6.07. The van der Waals surface area contributed by atoms with Gasteiger partial charge < -0.3 is 10.2 Å². The van der Waals surface area contributed by atoms with Crippen molar-refractivity contribution >= 4 is 17.6 Å². The second kappa shape index (κ2) is 6.34. The van der Waals surface area contributed by atoms with Gasteiger partial charge >= 0.3 is 0 Å². The summed E-state index contributed by atoms with van der Waals surface area (Å²) in [5, 5.41) is 7.05. The molecule has 0 bridgehead atoms. The lowest BCUT2D eigenvalue weighted by atomic mass is 9.93. The highest BCUT2D eigenvalue weighted by Gasteiger charge is 2.31. The molecule has 118 valence electrons. The summed E-state index contributed by atoms with van der Waals surface area (Å²) in [5.74, 6) is 0.867. The Morgan fingerprint density at radius 1 is 1.32 bits per heavy atom. The zero-order valence-corrected chi connectivity index (χ0v) is 12.9. The third-order valence-electron chi connectivity index (χ3n) is 4.38. The van der Waals surface area contributed by atoms with Gasteiger partial charge in [0.05, 0.1) is 6.04 Å². The first kappa shape index (κ1) is 14.8. The molecule has 1 aromatic rings. The van der Waals surface area contributed by atoms with Crippen molar-refractivity contribution in [2.45, 2.75) is 38.6 Å². The summed E-state index contributed by atoms with van der Waals surface area (Å²) in [4.78, 5) is 25.5. The predicted octanol–water partition coefficient (Wildman–Crippen LogP) is 1.97. The SMILES string of the molecule is CC(=O)Nc1ccn([C@H]2CCN(C(=O)[C@@H]3CC=CCC3)C2)n1. The van der Waals surface area contributed by atoms with Crippen LogP contribution in [0.1, 0.15) is 38.6 Å². The van der Waals surface area contributed by atoms with Gasteiger partial charge in [0.25, 0.3) is 0 Å². The minimum absolute atomic E-state index is 0.126. The predicted molar refractivity (Wildman–Crippen MR) is 83.2 cm³/mol. The summed E-state index contributed by atoms with van der Waals surface area (Å²) in [5.41, 5.74) is 0. The maximum absolute atomic E-state index is 12.5. The van der Waals surface area contributed by atoms with Gasteiger partial charge in [-0.05, 0) is 25.7 Å². The molecule has 0 aromatic carbocycles. The third kappa shape index (κ3) is 3.21. The first-order valence-corrected chi connectivity index (χ1v) is 7.90. The normalized spacial score (nSPS) is 24.5. The van der Waals surface area contributed by atoms with E-state index in [0.717, 1.165) is 32.2 Å². The van der Waals surface area contributed by atoms with E-state index in [-0.39, 0.29) is 23.8 Å². The van der Waals surface area contributed by atoms with Gasteiger partial charge in [0.2, 0.25) is 11.8 Å². The number of rotatable bonds is 3. The van der Waals surface area contributed by atoms with Crippen molar-refractivity contribution in [1.29, 1.82) is 0 Å². The smallest absolute Gasteiger partial charge is 0.226 e. The summed E-state index contributed by atoms with van der Waals surface area (Å²) < 4.78 is 1.86. The number of allylic oxidation sites excluding steroid dienone is 2. The summed E-state index contributed by atoms with van der Waals surface area (Å²) in [7, 11) is 0. The molecule has 2 atom stereocenters. The van der Waals surface area contributed by atoms with Gasteiger partial charge in [0.1, 0.15) is 0 Å².